The van der Waals surface area contributed by atoms with E-state index in [1.54, 1.807) is 4.68 Å². The Kier molecular flexibility index (Phi) is 2.02. The number of aromatic carboxylic acids is 1. The lowest BCUT2D eigenvalue weighted by atomic mass is 9.90. The molecule has 0 aliphatic carbocycles. The van der Waals surface area contributed by atoms with Crippen molar-refractivity contribution in [1.29, 1.82) is 0 Å². The first kappa shape index (κ1) is 9.18. The largest absolute Gasteiger partial charge is 0.476 e. The summed E-state index contributed by atoms with van der Waals surface area (Å²) in [7, 11) is 0. The van der Waals surface area contributed by atoms with E-state index in [0.29, 0.717) is 5.92 Å². The maximum absolute atomic E-state index is 10.8. The van der Waals surface area contributed by atoms with Crippen LogP contribution < -0.4 is 0 Å². The Labute approximate surface area is 81.7 Å². The third-order valence-corrected chi connectivity index (χ3v) is 2.68. The van der Waals surface area contributed by atoms with E-state index >= 15 is 0 Å². The highest BCUT2D eigenvalue weighted by Crippen LogP contribution is 2.30. The van der Waals surface area contributed by atoms with Crippen LogP contribution in [0.1, 0.15) is 42.4 Å². The number of hydrogen-bond acceptors (Lipinski definition) is 3. The van der Waals surface area contributed by atoms with Gasteiger partial charge in [0.2, 0.25) is 0 Å². The highest BCUT2D eigenvalue weighted by Gasteiger charge is 2.29. The van der Waals surface area contributed by atoms with Gasteiger partial charge >= 0.3 is 5.97 Å². The Morgan fingerprint density at radius 1 is 1.57 bits per heavy atom. The Morgan fingerprint density at radius 3 is 2.93 bits per heavy atom. The number of hydrogen-bond donors (Lipinski definition) is 1. The van der Waals surface area contributed by atoms with Crippen molar-refractivity contribution < 1.29 is 9.90 Å². The molecule has 0 saturated heterocycles. The number of carbonyl (C=O) groups is 1. The van der Waals surface area contributed by atoms with Crippen LogP contribution in [0, 0.1) is 5.92 Å². The summed E-state index contributed by atoms with van der Waals surface area (Å²) in [5.74, 6) is -0.201. The number of nitrogens with zero attached hydrogens (tertiary/aromatic N) is 3. The quantitative estimate of drug-likeness (QED) is 0.729. The van der Waals surface area contributed by atoms with Gasteiger partial charge in [0.1, 0.15) is 0 Å². The zero-order valence-corrected chi connectivity index (χ0v) is 8.27. The summed E-state index contributed by atoms with van der Waals surface area (Å²) in [4.78, 5) is 10.8. The number of rotatable bonds is 1. The van der Waals surface area contributed by atoms with E-state index in [9.17, 15) is 4.79 Å². The average Bonchev–Trinajstić information content (AvgIpc) is 2.47. The van der Waals surface area contributed by atoms with Crippen LogP contribution in [0.5, 0.6) is 0 Å². The fourth-order valence-electron chi connectivity index (χ4n) is 2.18. The normalized spacial score (nSPS) is 25.9. The molecule has 1 aliphatic heterocycles. The monoisotopic (exact) mass is 195 g/mol. The van der Waals surface area contributed by atoms with Crippen LogP contribution in [-0.4, -0.2) is 26.1 Å². The van der Waals surface area contributed by atoms with Crippen molar-refractivity contribution in [1.82, 2.24) is 15.0 Å². The van der Waals surface area contributed by atoms with Gasteiger partial charge in [0, 0.05) is 12.5 Å². The summed E-state index contributed by atoms with van der Waals surface area (Å²) in [6.07, 6.45) is 1.01. The number of carboxylic acids is 1. The van der Waals surface area contributed by atoms with Gasteiger partial charge in [0.15, 0.2) is 5.69 Å². The Bertz CT molecular complexity index is 372. The minimum atomic E-state index is -0.979. The van der Waals surface area contributed by atoms with Crippen molar-refractivity contribution in [2.24, 2.45) is 5.92 Å². The Balaban J connectivity index is 2.46. The summed E-state index contributed by atoms with van der Waals surface area (Å²) in [6, 6.07) is 0. The van der Waals surface area contributed by atoms with E-state index in [-0.39, 0.29) is 11.6 Å². The van der Waals surface area contributed by atoms with Crippen molar-refractivity contribution in [3.8, 4) is 0 Å². The molecule has 1 N–H and O–H groups in total. The first-order chi connectivity index (χ1) is 6.59. The van der Waals surface area contributed by atoms with Crippen molar-refractivity contribution in [2.75, 3.05) is 0 Å². The maximum atomic E-state index is 10.8. The molecule has 0 fully saturated rings. The van der Waals surface area contributed by atoms with Gasteiger partial charge in [-0.1, -0.05) is 19.1 Å². The summed E-state index contributed by atoms with van der Waals surface area (Å²) in [6.45, 7) is 4.94. The van der Waals surface area contributed by atoms with Gasteiger partial charge < -0.3 is 5.11 Å². The first-order valence-electron chi connectivity index (χ1n) is 4.76. The lowest BCUT2D eigenvalue weighted by molar-refractivity contribution is 0.0688. The molecule has 0 radical (unpaired) electrons. The van der Waals surface area contributed by atoms with E-state index in [2.05, 4.69) is 17.2 Å². The first-order valence-corrected chi connectivity index (χ1v) is 4.76. The highest BCUT2D eigenvalue weighted by atomic mass is 16.4. The van der Waals surface area contributed by atoms with E-state index in [1.807, 2.05) is 6.92 Å². The second-order valence-corrected chi connectivity index (χ2v) is 4.05. The molecule has 5 nitrogen and oxygen atoms in total. The molecule has 2 atom stereocenters. The molecule has 2 rings (SSSR count). The van der Waals surface area contributed by atoms with Crippen LogP contribution in [0.25, 0.3) is 0 Å². The van der Waals surface area contributed by atoms with Crippen molar-refractivity contribution >= 4 is 5.97 Å². The molecule has 0 saturated carbocycles. The third kappa shape index (κ3) is 1.29. The van der Waals surface area contributed by atoms with Crippen LogP contribution in [0.3, 0.4) is 0 Å². The molecule has 2 unspecified atom stereocenters. The number of carboxylic acid groups (broad SMARTS) is 1. The van der Waals surface area contributed by atoms with Gasteiger partial charge in [0.25, 0.3) is 0 Å². The average molecular weight is 195 g/mol. The molecule has 0 bridgehead atoms. The predicted octanol–water partition coefficient (Wildman–Crippen LogP) is 1.12. The molecule has 1 aromatic heterocycles. The van der Waals surface area contributed by atoms with Gasteiger partial charge in [-0.2, -0.15) is 0 Å². The van der Waals surface area contributed by atoms with Crippen LogP contribution in [-0.2, 0) is 6.54 Å². The summed E-state index contributed by atoms with van der Waals surface area (Å²) < 4.78 is 1.72. The van der Waals surface area contributed by atoms with Crippen molar-refractivity contribution in [3.63, 3.8) is 0 Å². The SMILES string of the molecule is CC1CC(C)c2c(C(=O)O)nnn2C1. The van der Waals surface area contributed by atoms with E-state index in [4.69, 9.17) is 5.11 Å². The standard InChI is InChI=1S/C9H13N3O2/c1-5-3-6(2)8-7(9(13)14)10-11-12(8)4-5/h5-6H,3-4H2,1-2H3,(H,13,14). The minimum Gasteiger partial charge on any atom is -0.476 e. The Morgan fingerprint density at radius 2 is 2.29 bits per heavy atom. The van der Waals surface area contributed by atoms with E-state index in [1.165, 1.54) is 0 Å². The van der Waals surface area contributed by atoms with Gasteiger partial charge in [-0.05, 0) is 12.3 Å². The van der Waals surface area contributed by atoms with Crippen LogP contribution in [0.2, 0.25) is 0 Å². The molecule has 5 heteroatoms. The number of aromatic nitrogens is 3. The third-order valence-electron chi connectivity index (χ3n) is 2.68. The second-order valence-electron chi connectivity index (χ2n) is 4.05. The molecular weight excluding hydrogens is 182 g/mol. The van der Waals surface area contributed by atoms with Crippen LogP contribution in [0.4, 0.5) is 0 Å². The van der Waals surface area contributed by atoms with Gasteiger partial charge in [0.05, 0.1) is 5.69 Å². The number of fused-ring (bicyclic) bond motifs is 1. The Hall–Kier alpha value is -1.39. The molecule has 0 spiro atoms. The molecule has 1 aromatic rings. The van der Waals surface area contributed by atoms with Gasteiger partial charge in [-0.15, -0.1) is 5.10 Å². The van der Waals surface area contributed by atoms with E-state index in [0.717, 1.165) is 18.7 Å². The molecule has 14 heavy (non-hydrogen) atoms. The second kappa shape index (κ2) is 3.08. The zero-order valence-electron chi connectivity index (χ0n) is 8.27. The summed E-state index contributed by atoms with van der Waals surface area (Å²) >= 11 is 0. The summed E-state index contributed by atoms with van der Waals surface area (Å²) in [5, 5.41) is 16.5. The molecule has 76 valence electrons. The fraction of sp³-hybridized carbons (Fsp3) is 0.667. The lowest BCUT2D eigenvalue weighted by Crippen LogP contribution is -2.22. The summed E-state index contributed by atoms with van der Waals surface area (Å²) in [5.41, 5.74) is 0.889. The topological polar surface area (TPSA) is 68.0 Å². The van der Waals surface area contributed by atoms with Crippen LogP contribution >= 0.6 is 0 Å². The molecular formula is C9H13N3O2. The molecule has 0 amide bonds. The van der Waals surface area contributed by atoms with Gasteiger partial charge in [-0.25, -0.2) is 9.48 Å². The van der Waals surface area contributed by atoms with E-state index < -0.39 is 5.97 Å². The molecule has 1 aliphatic rings. The zero-order chi connectivity index (χ0) is 10.3. The fourth-order valence-corrected chi connectivity index (χ4v) is 2.18. The predicted molar refractivity (Wildman–Crippen MR) is 49.2 cm³/mol. The van der Waals surface area contributed by atoms with Gasteiger partial charge in [-0.3, -0.25) is 0 Å². The van der Waals surface area contributed by atoms with Crippen LogP contribution in [0.15, 0.2) is 0 Å². The maximum Gasteiger partial charge on any atom is 0.358 e. The molecule has 0 aromatic carbocycles. The van der Waals surface area contributed by atoms with Crippen molar-refractivity contribution in [2.45, 2.75) is 32.7 Å². The highest BCUT2D eigenvalue weighted by molar-refractivity contribution is 5.86. The van der Waals surface area contributed by atoms with Crippen molar-refractivity contribution in [3.05, 3.63) is 11.4 Å². The lowest BCUT2D eigenvalue weighted by Gasteiger charge is -2.24. The minimum absolute atomic E-state index is 0.115. The smallest absolute Gasteiger partial charge is 0.358 e. The molecule has 2 heterocycles.